The fourth-order valence-electron chi connectivity index (χ4n) is 2.61. The molecule has 0 amide bonds. The molecule has 0 saturated carbocycles. The molecule has 1 aromatic carbocycles. The number of furan rings is 1. The van der Waals surface area contributed by atoms with Gasteiger partial charge in [-0.05, 0) is 25.1 Å². The van der Waals surface area contributed by atoms with Gasteiger partial charge in [0, 0.05) is 5.39 Å². The average molecular weight is 293 g/mol. The predicted molar refractivity (Wildman–Crippen MR) is 77.8 cm³/mol. The second kappa shape index (κ2) is 6.56. The highest BCUT2D eigenvalue weighted by Gasteiger charge is 2.29. The Morgan fingerprint density at radius 1 is 1.38 bits per heavy atom. The van der Waals surface area contributed by atoms with Crippen LogP contribution in [0.1, 0.15) is 25.1 Å². The monoisotopic (exact) mass is 293 g/mol. The number of ether oxygens (including phenoxy) is 2. The smallest absolute Gasteiger partial charge is 0.169 e. The van der Waals surface area contributed by atoms with Crippen molar-refractivity contribution in [3.8, 4) is 0 Å². The molecule has 0 bridgehead atoms. The van der Waals surface area contributed by atoms with Crippen molar-refractivity contribution < 1.29 is 18.3 Å². The van der Waals surface area contributed by atoms with Crippen LogP contribution in [0.2, 0.25) is 0 Å². The summed E-state index contributed by atoms with van der Waals surface area (Å²) >= 11 is 0. The van der Waals surface area contributed by atoms with Crippen LogP contribution in [-0.2, 0) is 9.47 Å². The standard InChI is InChI=1S/C16H20FNO3/c1-2-6-18-15(14-10-19-7-8-20-14)13-9-11-4-3-5-12(17)16(11)21-13/h3-5,9,14-15,18H,2,6-8,10H2,1H3. The topological polar surface area (TPSA) is 43.6 Å². The molecular formula is C16H20FNO3. The normalized spacial score (nSPS) is 20.8. The molecule has 3 rings (SSSR count). The van der Waals surface area contributed by atoms with E-state index < -0.39 is 0 Å². The lowest BCUT2D eigenvalue weighted by atomic mass is 10.1. The van der Waals surface area contributed by atoms with Gasteiger partial charge in [0.05, 0.1) is 25.9 Å². The van der Waals surface area contributed by atoms with Crippen molar-refractivity contribution in [1.29, 1.82) is 0 Å². The first-order chi connectivity index (χ1) is 10.3. The van der Waals surface area contributed by atoms with Crippen LogP contribution in [0.5, 0.6) is 0 Å². The Balaban J connectivity index is 1.90. The van der Waals surface area contributed by atoms with Crippen LogP contribution in [-0.4, -0.2) is 32.5 Å². The summed E-state index contributed by atoms with van der Waals surface area (Å²) in [6.07, 6.45) is 0.882. The molecule has 0 radical (unpaired) electrons. The van der Waals surface area contributed by atoms with E-state index in [1.54, 1.807) is 6.07 Å². The number of hydrogen-bond donors (Lipinski definition) is 1. The Morgan fingerprint density at radius 3 is 3.00 bits per heavy atom. The molecule has 1 aromatic heterocycles. The zero-order valence-electron chi connectivity index (χ0n) is 12.1. The van der Waals surface area contributed by atoms with Crippen molar-refractivity contribution in [1.82, 2.24) is 5.32 Å². The van der Waals surface area contributed by atoms with E-state index in [0.717, 1.165) is 18.4 Å². The highest BCUT2D eigenvalue weighted by Crippen LogP contribution is 2.29. The molecule has 1 saturated heterocycles. The van der Waals surface area contributed by atoms with Crippen molar-refractivity contribution in [2.24, 2.45) is 0 Å². The lowest BCUT2D eigenvalue weighted by Crippen LogP contribution is -2.40. The van der Waals surface area contributed by atoms with E-state index in [4.69, 9.17) is 13.9 Å². The Kier molecular flexibility index (Phi) is 4.53. The summed E-state index contributed by atoms with van der Waals surface area (Å²) in [5.74, 6) is 0.354. The number of halogens is 1. The first-order valence-electron chi connectivity index (χ1n) is 7.40. The second-order valence-electron chi connectivity index (χ2n) is 5.22. The third-order valence-corrected chi connectivity index (χ3v) is 3.65. The van der Waals surface area contributed by atoms with Gasteiger partial charge in [-0.25, -0.2) is 4.39 Å². The lowest BCUT2D eigenvalue weighted by molar-refractivity contribution is -0.104. The predicted octanol–water partition coefficient (Wildman–Crippen LogP) is 3.03. The number of benzene rings is 1. The minimum absolute atomic E-state index is 0.117. The molecule has 1 aliphatic rings. The average Bonchev–Trinajstić information content (AvgIpc) is 2.94. The first-order valence-corrected chi connectivity index (χ1v) is 7.40. The summed E-state index contributed by atoms with van der Waals surface area (Å²) in [5.41, 5.74) is 0.299. The molecule has 0 aliphatic carbocycles. The van der Waals surface area contributed by atoms with Crippen LogP contribution in [0.4, 0.5) is 4.39 Å². The molecule has 4 nitrogen and oxygen atoms in total. The van der Waals surface area contributed by atoms with Gasteiger partial charge in [-0.1, -0.05) is 19.1 Å². The molecule has 0 spiro atoms. The molecule has 2 aromatic rings. The molecular weight excluding hydrogens is 273 g/mol. The van der Waals surface area contributed by atoms with Crippen molar-refractivity contribution in [2.45, 2.75) is 25.5 Å². The number of nitrogens with one attached hydrogen (secondary N) is 1. The maximum absolute atomic E-state index is 13.8. The van der Waals surface area contributed by atoms with Crippen LogP contribution >= 0.6 is 0 Å². The molecule has 2 atom stereocenters. The fourth-order valence-corrected chi connectivity index (χ4v) is 2.61. The van der Waals surface area contributed by atoms with E-state index in [9.17, 15) is 4.39 Å². The van der Waals surface area contributed by atoms with E-state index in [0.29, 0.717) is 31.2 Å². The summed E-state index contributed by atoms with van der Waals surface area (Å²) in [6.45, 7) is 4.64. The molecule has 1 aliphatic heterocycles. The molecule has 114 valence electrons. The maximum atomic E-state index is 13.8. The van der Waals surface area contributed by atoms with Gasteiger partial charge < -0.3 is 19.2 Å². The summed E-state index contributed by atoms with van der Waals surface area (Å²) < 4.78 is 30.8. The van der Waals surface area contributed by atoms with E-state index in [1.807, 2.05) is 12.1 Å². The van der Waals surface area contributed by atoms with Crippen LogP contribution in [0.15, 0.2) is 28.7 Å². The van der Waals surface area contributed by atoms with E-state index >= 15 is 0 Å². The van der Waals surface area contributed by atoms with Crippen LogP contribution in [0.3, 0.4) is 0 Å². The highest BCUT2D eigenvalue weighted by atomic mass is 19.1. The van der Waals surface area contributed by atoms with Gasteiger partial charge in [-0.15, -0.1) is 0 Å². The Morgan fingerprint density at radius 2 is 2.29 bits per heavy atom. The first kappa shape index (κ1) is 14.5. The zero-order chi connectivity index (χ0) is 14.7. The minimum Gasteiger partial charge on any atom is -0.456 e. The Labute approximate surface area is 123 Å². The Bertz CT molecular complexity index is 592. The van der Waals surface area contributed by atoms with Crippen LogP contribution in [0.25, 0.3) is 11.0 Å². The van der Waals surface area contributed by atoms with Gasteiger partial charge in [0.2, 0.25) is 0 Å². The molecule has 2 heterocycles. The maximum Gasteiger partial charge on any atom is 0.169 e. The van der Waals surface area contributed by atoms with Crippen molar-refractivity contribution >= 4 is 11.0 Å². The SMILES string of the molecule is CCCNC(c1cc2cccc(F)c2o1)C1COCCO1. The van der Waals surface area contributed by atoms with Crippen LogP contribution < -0.4 is 5.32 Å². The van der Waals surface area contributed by atoms with Gasteiger partial charge in [0.1, 0.15) is 11.9 Å². The molecule has 2 unspecified atom stereocenters. The number of para-hydroxylation sites is 1. The second-order valence-corrected chi connectivity index (χ2v) is 5.22. The van der Waals surface area contributed by atoms with Crippen molar-refractivity contribution in [3.63, 3.8) is 0 Å². The van der Waals surface area contributed by atoms with Gasteiger partial charge in [-0.3, -0.25) is 0 Å². The quantitative estimate of drug-likeness (QED) is 0.920. The van der Waals surface area contributed by atoms with Gasteiger partial charge in [0.15, 0.2) is 11.4 Å². The molecule has 1 N–H and O–H groups in total. The molecule has 5 heteroatoms. The van der Waals surface area contributed by atoms with Crippen molar-refractivity contribution in [3.05, 3.63) is 35.8 Å². The largest absolute Gasteiger partial charge is 0.456 e. The van der Waals surface area contributed by atoms with Gasteiger partial charge in [-0.2, -0.15) is 0 Å². The Hall–Kier alpha value is -1.43. The highest BCUT2D eigenvalue weighted by molar-refractivity contribution is 5.78. The zero-order valence-corrected chi connectivity index (χ0v) is 12.1. The fraction of sp³-hybridized carbons (Fsp3) is 0.500. The van der Waals surface area contributed by atoms with E-state index in [-0.39, 0.29) is 18.0 Å². The third kappa shape index (κ3) is 3.10. The van der Waals surface area contributed by atoms with Gasteiger partial charge in [0.25, 0.3) is 0 Å². The van der Waals surface area contributed by atoms with Crippen LogP contribution in [0, 0.1) is 5.82 Å². The van der Waals surface area contributed by atoms with E-state index in [1.165, 1.54) is 6.07 Å². The van der Waals surface area contributed by atoms with Gasteiger partial charge >= 0.3 is 0 Å². The lowest BCUT2D eigenvalue weighted by Gasteiger charge is -2.29. The van der Waals surface area contributed by atoms with Crippen molar-refractivity contribution in [2.75, 3.05) is 26.4 Å². The summed E-state index contributed by atoms with van der Waals surface area (Å²) in [5, 5.41) is 4.18. The molecule has 21 heavy (non-hydrogen) atoms. The number of rotatable bonds is 5. The summed E-state index contributed by atoms with van der Waals surface area (Å²) in [6, 6.07) is 6.69. The minimum atomic E-state index is -0.339. The molecule has 1 fully saturated rings. The third-order valence-electron chi connectivity index (χ3n) is 3.65. The van der Waals surface area contributed by atoms with E-state index in [2.05, 4.69) is 12.2 Å². The summed E-state index contributed by atoms with van der Waals surface area (Å²) in [4.78, 5) is 0. The number of hydrogen-bond acceptors (Lipinski definition) is 4. The number of fused-ring (bicyclic) bond motifs is 1. The summed E-state index contributed by atoms with van der Waals surface area (Å²) in [7, 11) is 0.